The van der Waals surface area contributed by atoms with Gasteiger partial charge in [0, 0.05) is 28.6 Å². The summed E-state index contributed by atoms with van der Waals surface area (Å²) in [6, 6.07) is 6.04. The molecule has 1 aromatic heterocycles. The Morgan fingerprint density at radius 3 is 2.94 bits per heavy atom. The van der Waals surface area contributed by atoms with Gasteiger partial charge in [-0.15, -0.1) is 0 Å². The van der Waals surface area contributed by atoms with E-state index in [1.165, 1.54) is 7.11 Å². The Morgan fingerprint density at radius 2 is 2.25 bits per heavy atom. The molecule has 0 aliphatic rings. The van der Waals surface area contributed by atoms with Crippen molar-refractivity contribution in [3.8, 4) is 0 Å². The fraction of sp³-hybridized carbons (Fsp3) is 0.250. The van der Waals surface area contributed by atoms with E-state index in [1.54, 1.807) is 0 Å². The molecule has 2 rings (SSSR count). The fourth-order valence-corrected chi connectivity index (χ4v) is 2.18. The van der Waals surface area contributed by atoms with E-state index < -0.39 is 0 Å². The Balaban J connectivity index is 2.52. The van der Waals surface area contributed by atoms with Gasteiger partial charge in [0.25, 0.3) is 0 Å². The molecule has 1 heterocycles. The molecule has 1 aromatic carbocycles. The van der Waals surface area contributed by atoms with Gasteiger partial charge in [-0.25, -0.2) is 0 Å². The summed E-state index contributed by atoms with van der Waals surface area (Å²) in [6.07, 6.45) is 2.28. The number of nitrogens with zero attached hydrogens (tertiary/aromatic N) is 1. The number of hydrogen-bond donors (Lipinski definition) is 0. The lowest BCUT2D eigenvalue weighted by Gasteiger charge is -1.98. The number of esters is 1. The molecule has 0 amide bonds. The average Bonchev–Trinajstić information content (AvgIpc) is 2.55. The SMILES string of the molecule is COC(=O)Cc1cn(C)c2ccc(Br)cc12. The third-order valence-electron chi connectivity index (χ3n) is 2.60. The highest BCUT2D eigenvalue weighted by atomic mass is 79.9. The molecule has 0 unspecified atom stereocenters. The standard InChI is InChI=1S/C12H12BrNO2/c1-14-7-8(5-12(15)16-2)10-6-9(13)3-4-11(10)14/h3-4,6-7H,5H2,1-2H3. The van der Waals surface area contributed by atoms with Gasteiger partial charge in [0.05, 0.1) is 13.5 Å². The second kappa shape index (κ2) is 4.29. The van der Waals surface area contributed by atoms with Crippen molar-refractivity contribution in [1.82, 2.24) is 4.57 Å². The molecule has 0 N–H and O–H groups in total. The number of hydrogen-bond acceptors (Lipinski definition) is 2. The molecule has 0 radical (unpaired) electrons. The zero-order valence-electron chi connectivity index (χ0n) is 9.16. The first-order valence-electron chi connectivity index (χ1n) is 4.92. The van der Waals surface area contributed by atoms with E-state index in [2.05, 4.69) is 20.7 Å². The largest absolute Gasteiger partial charge is 0.469 e. The number of carbonyl (C=O) groups is 1. The van der Waals surface area contributed by atoms with Gasteiger partial charge >= 0.3 is 5.97 Å². The summed E-state index contributed by atoms with van der Waals surface area (Å²) >= 11 is 3.43. The van der Waals surface area contributed by atoms with Crippen LogP contribution in [0.1, 0.15) is 5.56 Å². The second-order valence-corrected chi connectivity index (χ2v) is 4.60. The van der Waals surface area contributed by atoms with Crippen LogP contribution in [0, 0.1) is 0 Å². The van der Waals surface area contributed by atoms with Gasteiger partial charge in [-0.3, -0.25) is 4.79 Å². The Kier molecular flexibility index (Phi) is 3.01. The number of aryl methyl sites for hydroxylation is 1. The second-order valence-electron chi connectivity index (χ2n) is 3.68. The van der Waals surface area contributed by atoms with Crippen LogP contribution in [0.2, 0.25) is 0 Å². The first kappa shape index (κ1) is 11.2. The zero-order valence-corrected chi connectivity index (χ0v) is 10.7. The molecule has 0 aliphatic heterocycles. The normalized spacial score (nSPS) is 10.7. The van der Waals surface area contributed by atoms with Crippen molar-refractivity contribution in [2.45, 2.75) is 6.42 Å². The van der Waals surface area contributed by atoms with Crippen molar-refractivity contribution < 1.29 is 9.53 Å². The van der Waals surface area contributed by atoms with E-state index in [4.69, 9.17) is 0 Å². The first-order chi connectivity index (χ1) is 7.61. The van der Waals surface area contributed by atoms with Gasteiger partial charge in [-0.05, 0) is 23.8 Å². The Hall–Kier alpha value is -1.29. The zero-order chi connectivity index (χ0) is 11.7. The highest BCUT2D eigenvalue weighted by molar-refractivity contribution is 9.10. The number of aromatic nitrogens is 1. The number of fused-ring (bicyclic) bond motifs is 1. The van der Waals surface area contributed by atoms with Crippen LogP contribution < -0.4 is 0 Å². The topological polar surface area (TPSA) is 31.2 Å². The molecule has 2 aromatic rings. The maximum Gasteiger partial charge on any atom is 0.310 e. The number of rotatable bonds is 2. The Bertz CT molecular complexity index is 545. The molecule has 4 heteroatoms. The highest BCUT2D eigenvalue weighted by Crippen LogP contribution is 2.25. The molecule has 0 fully saturated rings. The van der Waals surface area contributed by atoms with Crippen molar-refractivity contribution in [2.24, 2.45) is 7.05 Å². The van der Waals surface area contributed by atoms with Crippen molar-refractivity contribution in [3.63, 3.8) is 0 Å². The van der Waals surface area contributed by atoms with Gasteiger partial charge < -0.3 is 9.30 Å². The molecule has 84 valence electrons. The summed E-state index contributed by atoms with van der Waals surface area (Å²) in [7, 11) is 3.38. The minimum absolute atomic E-state index is 0.215. The minimum Gasteiger partial charge on any atom is -0.469 e. The summed E-state index contributed by atoms with van der Waals surface area (Å²) in [4.78, 5) is 11.3. The third-order valence-corrected chi connectivity index (χ3v) is 3.09. The van der Waals surface area contributed by atoms with Crippen LogP contribution in [-0.4, -0.2) is 17.6 Å². The monoisotopic (exact) mass is 281 g/mol. The van der Waals surface area contributed by atoms with Crippen LogP contribution >= 0.6 is 15.9 Å². The molecule has 0 bridgehead atoms. The predicted molar refractivity (Wildman–Crippen MR) is 66.3 cm³/mol. The Morgan fingerprint density at radius 1 is 1.50 bits per heavy atom. The minimum atomic E-state index is -0.215. The van der Waals surface area contributed by atoms with E-state index in [0.717, 1.165) is 20.9 Å². The van der Waals surface area contributed by atoms with E-state index in [0.29, 0.717) is 6.42 Å². The summed E-state index contributed by atoms with van der Waals surface area (Å²) < 4.78 is 7.71. The predicted octanol–water partition coefficient (Wildman–Crippen LogP) is 2.66. The molecule has 0 saturated heterocycles. The molecule has 0 atom stereocenters. The molecular formula is C12H12BrNO2. The van der Waals surface area contributed by atoms with Crippen molar-refractivity contribution >= 4 is 32.8 Å². The van der Waals surface area contributed by atoms with E-state index >= 15 is 0 Å². The van der Waals surface area contributed by atoms with Gasteiger partial charge in [-0.1, -0.05) is 15.9 Å². The van der Waals surface area contributed by atoms with Crippen LogP contribution in [0.5, 0.6) is 0 Å². The van der Waals surface area contributed by atoms with Gasteiger partial charge in [-0.2, -0.15) is 0 Å². The number of ether oxygens (including phenoxy) is 1. The van der Waals surface area contributed by atoms with E-state index in [-0.39, 0.29) is 5.97 Å². The summed E-state index contributed by atoms with van der Waals surface area (Å²) in [5.41, 5.74) is 2.10. The molecule has 0 aliphatic carbocycles. The van der Waals surface area contributed by atoms with E-state index in [1.807, 2.05) is 36.0 Å². The molecule has 0 spiro atoms. The van der Waals surface area contributed by atoms with Gasteiger partial charge in [0.2, 0.25) is 0 Å². The fourth-order valence-electron chi connectivity index (χ4n) is 1.81. The Labute approximate surface area is 102 Å². The number of benzene rings is 1. The molecular weight excluding hydrogens is 270 g/mol. The lowest BCUT2D eigenvalue weighted by molar-refractivity contribution is -0.139. The van der Waals surface area contributed by atoms with Gasteiger partial charge in [0.1, 0.15) is 0 Å². The summed E-state index contributed by atoms with van der Waals surface area (Å²) in [6.45, 7) is 0. The molecule has 16 heavy (non-hydrogen) atoms. The van der Waals surface area contributed by atoms with Crippen LogP contribution in [-0.2, 0) is 23.0 Å². The number of carbonyl (C=O) groups excluding carboxylic acids is 1. The molecule has 0 saturated carbocycles. The lowest BCUT2D eigenvalue weighted by Crippen LogP contribution is -2.03. The maximum absolute atomic E-state index is 11.3. The molecule has 3 nitrogen and oxygen atoms in total. The number of halogens is 1. The summed E-state index contributed by atoms with van der Waals surface area (Å²) in [5.74, 6) is -0.215. The van der Waals surface area contributed by atoms with E-state index in [9.17, 15) is 4.79 Å². The van der Waals surface area contributed by atoms with Crippen molar-refractivity contribution in [1.29, 1.82) is 0 Å². The average molecular weight is 282 g/mol. The van der Waals surface area contributed by atoms with Crippen molar-refractivity contribution in [3.05, 3.63) is 34.4 Å². The maximum atomic E-state index is 11.3. The van der Waals surface area contributed by atoms with Gasteiger partial charge in [0.15, 0.2) is 0 Å². The quantitative estimate of drug-likeness (QED) is 0.793. The van der Waals surface area contributed by atoms with Crippen LogP contribution in [0.3, 0.4) is 0 Å². The van der Waals surface area contributed by atoms with Crippen LogP contribution in [0.25, 0.3) is 10.9 Å². The highest BCUT2D eigenvalue weighted by Gasteiger charge is 2.10. The van der Waals surface area contributed by atoms with Crippen molar-refractivity contribution in [2.75, 3.05) is 7.11 Å². The third kappa shape index (κ3) is 1.97. The first-order valence-corrected chi connectivity index (χ1v) is 5.71. The number of methoxy groups -OCH3 is 1. The summed E-state index contributed by atoms with van der Waals surface area (Å²) in [5, 5.41) is 1.09. The smallest absolute Gasteiger partial charge is 0.310 e. The lowest BCUT2D eigenvalue weighted by atomic mass is 10.1. The van der Waals surface area contributed by atoms with Crippen LogP contribution in [0.15, 0.2) is 28.9 Å². The van der Waals surface area contributed by atoms with Crippen LogP contribution in [0.4, 0.5) is 0 Å².